The van der Waals surface area contributed by atoms with Crippen LogP contribution in [0.3, 0.4) is 0 Å². The summed E-state index contributed by atoms with van der Waals surface area (Å²) in [6.07, 6.45) is 1.70. The van der Waals surface area contributed by atoms with Crippen molar-refractivity contribution in [3.63, 3.8) is 0 Å². The number of nitrogens with zero attached hydrogens (tertiary/aromatic N) is 5. The van der Waals surface area contributed by atoms with Crippen LogP contribution < -0.4 is 5.32 Å². The Morgan fingerprint density at radius 1 is 1.26 bits per heavy atom. The number of amides is 1. The minimum atomic E-state index is -0.0133. The van der Waals surface area contributed by atoms with E-state index in [-0.39, 0.29) is 11.9 Å². The molecule has 0 aliphatic carbocycles. The zero-order valence-corrected chi connectivity index (χ0v) is 13.6. The van der Waals surface area contributed by atoms with Crippen molar-refractivity contribution in [1.82, 2.24) is 30.1 Å². The van der Waals surface area contributed by atoms with Gasteiger partial charge >= 0.3 is 0 Å². The largest absolute Gasteiger partial charge is 0.353 e. The molecule has 0 aromatic carbocycles. The quantitative estimate of drug-likeness (QED) is 0.719. The smallest absolute Gasteiger partial charge is 0.230 e. The number of hydrogen-bond donors (Lipinski definition) is 1. The van der Waals surface area contributed by atoms with Crippen LogP contribution in [-0.2, 0) is 4.79 Å². The number of rotatable bonds is 5. The van der Waals surface area contributed by atoms with E-state index >= 15 is 0 Å². The molecule has 0 radical (unpaired) electrons. The Morgan fingerprint density at radius 3 is 2.87 bits per heavy atom. The maximum Gasteiger partial charge on any atom is 0.230 e. The van der Waals surface area contributed by atoms with E-state index in [0.29, 0.717) is 22.9 Å². The van der Waals surface area contributed by atoms with Gasteiger partial charge in [-0.15, -0.1) is 10.2 Å². The Hall–Kier alpha value is -2.48. The van der Waals surface area contributed by atoms with Crippen LogP contribution in [0.15, 0.2) is 41.6 Å². The van der Waals surface area contributed by atoms with Crippen molar-refractivity contribution < 1.29 is 4.79 Å². The van der Waals surface area contributed by atoms with E-state index in [4.69, 9.17) is 0 Å². The molecule has 3 aromatic rings. The molecule has 0 bridgehead atoms. The molecule has 1 amide bonds. The van der Waals surface area contributed by atoms with Crippen LogP contribution >= 0.6 is 11.8 Å². The molecule has 0 atom stereocenters. The fourth-order valence-corrected chi connectivity index (χ4v) is 2.67. The molecule has 0 fully saturated rings. The van der Waals surface area contributed by atoms with Gasteiger partial charge in [0, 0.05) is 12.2 Å². The predicted molar refractivity (Wildman–Crippen MR) is 88.0 cm³/mol. The van der Waals surface area contributed by atoms with Gasteiger partial charge in [-0.1, -0.05) is 17.8 Å². The van der Waals surface area contributed by atoms with Gasteiger partial charge in [0.2, 0.25) is 11.7 Å². The first-order chi connectivity index (χ1) is 11.1. The van der Waals surface area contributed by atoms with Crippen LogP contribution in [0, 0.1) is 0 Å². The summed E-state index contributed by atoms with van der Waals surface area (Å²) in [6, 6.07) is 9.38. The van der Waals surface area contributed by atoms with Crippen molar-refractivity contribution in [2.45, 2.75) is 24.9 Å². The monoisotopic (exact) mass is 328 g/mol. The first-order valence-electron chi connectivity index (χ1n) is 7.19. The van der Waals surface area contributed by atoms with Gasteiger partial charge in [-0.2, -0.15) is 9.61 Å². The van der Waals surface area contributed by atoms with Crippen molar-refractivity contribution in [2.75, 3.05) is 5.75 Å². The number of thioether (sulfide) groups is 1. The minimum Gasteiger partial charge on any atom is -0.353 e. The van der Waals surface area contributed by atoms with Crippen molar-refractivity contribution in [1.29, 1.82) is 0 Å². The molecule has 1 N–H and O–H groups in total. The second kappa shape index (κ2) is 6.74. The van der Waals surface area contributed by atoms with Crippen LogP contribution in [-0.4, -0.2) is 42.5 Å². The Bertz CT molecular complexity index is 817. The molecular formula is C15H16N6OS. The summed E-state index contributed by atoms with van der Waals surface area (Å²) in [4.78, 5) is 16.0. The van der Waals surface area contributed by atoms with Gasteiger partial charge in [-0.3, -0.25) is 9.78 Å². The summed E-state index contributed by atoms with van der Waals surface area (Å²) in [6.45, 7) is 3.87. The molecule has 8 heteroatoms. The number of pyridine rings is 1. The number of aromatic nitrogens is 5. The topological polar surface area (TPSA) is 85.1 Å². The molecule has 0 saturated carbocycles. The molecule has 118 valence electrons. The molecule has 3 rings (SSSR count). The summed E-state index contributed by atoms with van der Waals surface area (Å²) in [5, 5.41) is 16.3. The third-order valence-electron chi connectivity index (χ3n) is 2.93. The fraction of sp³-hybridized carbons (Fsp3) is 0.267. The van der Waals surface area contributed by atoms with Crippen LogP contribution in [0.4, 0.5) is 0 Å². The first kappa shape index (κ1) is 15.4. The molecule has 3 heterocycles. The second-order valence-corrected chi connectivity index (χ2v) is 6.19. The van der Waals surface area contributed by atoms with Crippen LogP contribution in [0.5, 0.6) is 0 Å². The number of hydrogen-bond acceptors (Lipinski definition) is 6. The van der Waals surface area contributed by atoms with Gasteiger partial charge in [0.25, 0.3) is 0 Å². The van der Waals surface area contributed by atoms with Gasteiger partial charge in [0.1, 0.15) is 10.7 Å². The van der Waals surface area contributed by atoms with Crippen molar-refractivity contribution in [3.05, 3.63) is 36.5 Å². The summed E-state index contributed by atoms with van der Waals surface area (Å²) in [5.41, 5.74) is 1.34. The normalized spacial score (nSPS) is 11.1. The Morgan fingerprint density at radius 2 is 2.13 bits per heavy atom. The maximum absolute atomic E-state index is 11.7. The standard InChI is InChI=1S/C15H16N6OS/c1-10(2)17-13(22)9-23-14-7-6-12-18-19-15(21(12)20-14)11-5-3-4-8-16-11/h3-8,10H,9H2,1-2H3,(H,17,22). The van der Waals surface area contributed by atoms with Crippen molar-refractivity contribution >= 4 is 23.3 Å². The number of carbonyl (C=O) groups is 1. The molecule has 0 unspecified atom stereocenters. The third-order valence-corrected chi connectivity index (χ3v) is 3.85. The highest BCUT2D eigenvalue weighted by molar-refractivity contribution is 7.99. The molecule has 23 heavy (non-hydrogen) atoms. The van der Waals surface area contributed by atoms with E-state index < -0.39 is 0 Å². The maximum atomic E-state index is 11.7. The first-order valence-corrected chi connectivity index (χ1v) is 8.18. The highest BCUT2D eigenvalue weighted by Crippen LogP contribution is 2.19. The molecule has 3 aromatic heterocycles. The van der Waals surface area contributed by atoms with E-state index in [9.17, 15) is 4.79 Å². The molecular weight excluding hydrogens is 312 g/mol. The molecule has 7 nitrogen and oxygen atoms in total. The van der Waals surface area contributed by atoms with Gasteiger partial charge in [-0.05, 0) is 38.1 Å². The minimum absolute atomic E-state index is 0.0133. The zero-order chi connectivity index (χ0) is 16.2. The van der Waals surface area contributed by atoms with Crippen molar-refractivity contribution in [3.8, 4) is 11.5 Å². The average molecular weight is 328 g/mol. The van der Waals surface area contributed by atoms with E-state index in [1.54, 1.807) is 10.7 Å². The number of fused-ring (bicyclic) bond motifs is 1. The molecule has 0 aliphatic rings. The van der Waals surface area contributed by atoms with Crippen LogP contribution in [0.25, 0.3) is 17.2 Å². The van der Waals surface area contributed by atoms with Gasteiger partial charge < -0.3 is 5.32 Å². The lowest BCUT2D eigenvalue weighted by atomic mass is 10.3. The van der Waals surface area contributed by atoms with E-state index in [1.165, 1.54) is 11.8 Å². The fourth-order valence-electron chi connectivity index (χ4n) is 2.01. The molecule has 0 saturated heterocycles. The lowest BCUT2D eigenvalue weighted by molar-refractivity contribution is -0.119. The highest BCUT2D eigenvalue weighted by Gasteiger charge is 2.12. The number of carbonyl (C=O) groups excluding carboxylic acids is 1. The van der Waals surface area contributed by atoms with Crippen molar-refractivity contribution in [2.24, 2.45) is 0 Å². The van der Waals surface area contributed by atoms with Gasteiger partial charge in [-0.25, -0.2) is 0 Å². The summed E-state index contributed by atoms with van der Waals surface area (Å²) in [7, 11) is 0. The second-order valence-electron chi connectivity index (χ2n) is 5.19. The van der Waals surface area contributed by atoms with E-state index in [0.717, 1.165) is 5.03 Å². The average Bonchev–Trinajstić information content (AvgIpc) is 2.96. The summed E-state index contributed by atoms with van der Waals surface area (Å²) in [5.74, 6) is 0.882. The Balaban J connectivity index is 1.82. The highest BCUT2D eigenvalue weighted by atomic mass is 32.2. The lowest BCUT2D eigenvalue weighted by Crippen LogP contribution is -2.31. The predicted octanol–water partition coefficient (Wildman–Crippen LogP) is 1.80. The van der Waals surface area contributed by atoms with E-state index in [2.05, 4.69) is 25.6 Å². The summed E-state index contributed by atoms with van der Waals surface area (Å²) < 4.78 is 1.64. The third kappa shape index (κ3) is 3.65. The number of nitrogens with one attached hydrogen (secondary N) is 1. The lowest BCUT2D eigenvalue weighted by Gasteiger charge is -2.07. The SMILES string of the molecule is CC(C)NC(=O)CSc1ccc2nnc(-c3ccccn3)n2n1. The van der Waals surface area contributed by atoms with Crippen LogP contribution in [0.1, 0.15) is 13.8 Å². The van der Waals surface area contributed by atoms with Crippen LogP contribution in [0.2, 0.25) is 0 Å². The molecule has 0 spiro atoms. The van der Waals surface area contributed by atoms with E-state index in [1.807, 2.05) is 44.2 Å². The Labute approximate surface area is 137 Å². The Kier molecular flexibility index (Phi) is 4.52. The zero-order valence-electron chi connectivity index (χ0n) is 12.8. The van der Waals surface area contributed by atoms with Gasteiger partial charge in [0.15, 0.2) is 5.65 Å². The summed E-state index contributed by atoms with van der Waals surface area (Å²) >= 11 is 1.37. The molecule has 0 aliphatic heterocycles. The van der Waals surface area contributed by atoms with Gasteiger partial charge in [0.05, 0.1) is 5.75 Å².